The van der Waals surface area contributed by atoms with Gasteiger partial charge in [0.15, 0.2) is 0 Å². The van der Waals surface area contributed by atoms with Gasteiger partial charge in [-0.05, 0) is 43.9 Å². The van der Waals surface area contributed by atoms with Crippen molar-refractivity contribution in [3.05, 3.63) is 34.3 Å². The molecule has 0 bridgehead atoms. The highest BCUT2D eigenvalue weighted by molar-refractivity contribution is 7.80. The first-order valence-corrected chi connectivity index (χ1v) is 7.16. The smallest absolute Gasteiger partial charge is 0.254 e. The molecule has 3 nitrogen and oxygen atoms in total. The molecule has 1 aromatic rings. The van der Waals surface area contributed by atoms with Crippen LogP contribution in [0.25, 0.3) is 0 Å². The number of carbonyl (C=O) groups is 1. The molecule has 2 rings (SSSR count). The Kier molecular flexibility index (Phi) is 4.42. The molecule has 1 heterocycles. The van der Waals surface area contributed by atoms with E-state index in [1.807, 2.05) is 13.0 Å². The van der Waals surface area contributed by atoms with Gasteiger partial charge < -0.3 is 10.6 Å². The summed E-state index contributed by atoms with van der Waals surface area (Å²) in [5.41, 5.74) is 7.30. The number of halogens is 1. The third-order valence-electron chi connectivity index (χ3n) is 3.51. The number of nitrogens with zero attached hydrogens (tertiary/aromatic N) is 1. The van der Waals surface area contributed by atoms with E-state index < -0.39 is 0 Å². The maximum absolute atomic E-state index is 12.5. The molecular weight excluding hydrogens is 280 g/mol. The Morgan fingerprint density at radius 2 is 2.21 bits per heavy atom. The molecule has 5 heteroatoms. The fourth-order valence-electron chi connectivity index (χ4n) is 2.36. The average molecular weight is 297 g/mol. The molecule has 0 spiro atoms. The van der Waals surface area contributed by atoms with Gasteiger partial charge in [-0.1, -0.05) is 29.9 Å². The van der Waals surface area contributed by atoms with Crippen molar-refractivity contribution in [1.29, 1.82) is 0 Å². The summed E-state index contributed by atoms with van der Waals surface area (Å²) in [7, 11) is 0. The van der Waals surface area contributed by atoms with Crippen molar-refractivity contribution in [2.45, 2.75) is 32.2 Å². The lowest BCUT2D eigenvalue weighted by atomic mass is 10.0. The van der Waals surface area contributed by atoms with Crippen LogP contribution in [0.2, 0.25) is 5.02 Å². The molecule has 1 atom stereocenters. The van der Waals surface area contributed by atoms with Gasteiger partial charge >= 0.3 is 0 Å². The molecule has 1 amide bonds. The van der Waals surface area contributed by atoms with Crippen molar-refractivity contribution in [3.63, 3.8) is 0 Å². The summed E-state index contributed by atoms with van der Waals surface area (Å²) in [4.78, 5) is 14.7. The van der Waals surface area contributed by atoms with E-state index in [1.54, 1.807) is 17.0 Å². The largest absolute Gasteiger partial charge is 0.392 e. The van der Waals surface area contributed by atoms with Crippen molar-refractivity contribution in [3.8, 4) is 0 Å². The third-order valence-corrected chi connectivity index (χ3v) is 4.19. The van der Waals surface area contributed by atoms with E-state index >= 15 is 0 Å². The number of hydrogen-bond acceptors (Lipinski definition) is 2. The lowest BCUT2D eigenvalue weighted by Gasteiger charge is -2.35. The van der Waals surface area contributed by atoms with E-state index in [4.69, 9.17) is 29.6 Å². The molecule has 0 aromatic heterocycles. The van der Waals surface area contributed by atoms with Gasteiger partial charge in [0.2, 0.25) is 0 Å². The summed E-state index contributed by atoms with van der Waals surface area (Å²) in [6.07, 6.45) is 2.89. The van der Waals surface area contributed by atoms with E-state index in [0.717, 1.165) is 24.8 Å². The first-order valence-electron chi connectivity index (χ1n) is 6.37. The highest BCUT2D eigenvalue weighted by Crippen LogP contribution is 2.22. The number of likely N-dealkylation sites (tertiary alicyclic amines) is 1. The summed E-state index contributed by atoms with van der Waals surface area (Å²) < 4.78 is 0. The number of benzene rings is 1. The van der Waals surface area contributed by atoms with Gasteiger partial charge in [0.25, 0.3) is 5.91 Å². The van der Waals surface area contributed by atoms with Crippen LogP contribution in [0.15, 0.2) is 18.2 Å². The molecule has 1 unspecified atom stereocenters. The minimum atomic E-state index is -0.128. The molecule has 1 aliphatic rings. The highest BCUT2D eigenvalue weighted by atomic mass is 35.5. The second kappa shape index (κ2) is 5.88. The highest BCUT2D eigenvalue weighted by Gasteiger charge is 2.29. The van der Waals surface area contributed by atoms with Crippen molar-refractivity contribution in [1.82, 2.24) is 4.90 Å². The van der Waals surface area contributed by atoms with Gasteiger partial charge in [0.1, 0.15) is 0 Å². The first-order chi connectivity index (χ1) is 9.00. The van der Waals surface area contributed by atoms with Gasteiger partial charge in [-0.3, -0.25) is 4.79 Å². The van der Waals surface area contributed by atoms with E-state index in [0.29, 0.717) is 22.1 Å². The number of hydrogen-bond donors (Lipinski definition) is 1. The molecule has 0 saturated carbocycles. The topological polar surface area (TPSA) is 46.3 Å². The zero-order valence-electron chi connectivity index (χ0n) is 10.9. The van der Waals surface area contributed by atoms with Crippen molar-refractivity contribution >= 4 is 34.7 Å². The predicted molar refractivity (Wildman–Crippen MR) is 81.6 cm³/mol. The molecular formula is C14H17ClN2OS. The van der Waals surface area contributed by atoms with Crippen LogP contribution in [-0.4, -0.2) is 28.4 Å². The maximum Gasteiger partial charge on any atom is 0.254 e. The van der Waals surface area contributed by atoms with Crippen LogP contribution in [0.5, 0.6) is 0 Å². The molecule has 0 radical (unpaired) electrons. The van der Waals surface area contributed by atoms with Crippen LogP contribution in [0, 0.1) is 6.92 Å². The SMILES string of the molecule is Cc1ccc(C(=O)N2CCCCC2C(N)=S)cc1Cl. The molecule has 1 aliphatic heterocycles. The average Bonchev–Trinajstić information content (AvgIpc) is 2.41. The van der Waals surface area contributed by atoms with Crippen molar-refractivity contribution in [2.24, 2.45) is 5.73 Å². The van der Waals surface area contributed by atoms with Gasteiger partial charge in [-0.2, -0.15) is 0 Å². The van der Waals surface area contributed by atoms with Crippen LogP contribution in [-0.2, 0) is 0 Å². The number of nitrogens with two attached hydrogens (primary N) is 1. The summed E-state index contributed by atoms with van der Waals surface area (Å²) in [6.45, 7) is 2.61. The molecule has 2 N–H and O–H groups in total. The number of rotatable bonds is 2. The molecule has 1 aromatic carbocycles. The van der Waals surface area contributed by atoms with E-state index in [2.05, 4.69) is 0 Å². The summed E-state index contributed by atoms with van der Waals surface area (Å²) in [5.74, 6) is -0.0422. The van der Waals surface area contributed by atoms with Crippen molar-refractivity contribution < 1.29 is 4.79 Å². The predicted octanol–water partition coefficient (Wildman–Crippen LogP) is 2.93. The zero-order valence-corrected chi connectivity index (χ0v) is 12.4. The molecule has 19 heavy (non-hydrogen) atoms. The van der Waals surface area contributed by atoms with Crippen LogP contribution < -0.4 is 5.73 Å². The standard InChI is InChI=1S/C14H17ClN2OS/c1-9-5-6-10(8-11(9)15)14(18)17-7-3-2-4-12(17)13(16)19/h5-6,8,12H,2-4,7H2,1H3,(H2,16,19). The third kappa shape index (κ3) is 3.07. The Hall–Kier alpha value is -1.13. The second-order valence-electron chi connectivity index (χ2n) is 4.88. The fourth-order valence-corrected chi connectivity index (χ4v) is 2.79. The Morgan fingerprint density at radius 1 is 1.47 bits per heavy atom. The van der Waals surface area contributed by atoms with E-state index in [-0.39, 0.29) is 11.9 Å². The summed E-state index contributed by atoms with van der Waals surface area (Å²) in [6, 6.07) is 5.24. The maximum atomic E-state index is 12.5. The minimum absolute atomic E-state index is 0.0422. The summed E-state index contributed by atoms with van der Waals surface area (Å²) in [5, 5.41) is 0.606. The van der Waals surface area contributed by atoms with Gasteiger partial charge in [-0.15, -0.1) is 0 Å². The van der Waals surface area contributed by atoms with Crippen LogP contribution >= 0.6 is 23.8 Å². The quantitative estimate of drug-likeness (QED) is 0.854. The normalized spacial score (nSPS) is 19.3. The molecule has 102 valence electrons. The van der Waals surface area contributed by atoms with Crippen LogP contribution in [0.1, 0.15) is 35.2 Å². The molecule has 1 saturated heterocycles. The minimum Gasteiger partial charge on any atom is -0.392 e. The van der Waals surface area contributed by atoms with Crippen LogP contribution in [0.3, 0.4) is 0 Å². The Morgan fingerprint density at radius 3 is 2.84 bits per heavy atom. The number of aryl methyl sites for hydroxylation is 1. The van der Waals surface area contributed by atoms with Gasteiger partial charge in [-0.25, -0.2) is 0 Å². The fraction of sp³-hybridized carbons (Fsp3) is 0.429. The van der Waals surface area contributed by atoms with Gasteiger partial charge in [0, 0.05) is 17.1 Å². The summed E-state index contributed by atoms with van der Waals surface area (Å²) >= 11 is 11.1. The molecule has 1 fully saturated rings. The Bertz CT molecular complexity index is 518. The Balaban J connectivity index is 2.26. The zero-order chi connectivity index (χ0) is 14.0. The first kappa shape index (κ1) is 14.3. The number of thiocarbonyl (C=S) groups is 1. The Labute approximate surface area is 123 Å². The lowest BCUT2D eigenvalue weighted by molar-refractivity contribution is 0.0681. The second-order valence-corrected chi connectivity index (χ2v) is 5.76. The van der Waals surface area contributed by atoms with E-state index in [9.17, 15) is 4.79 Å². The van der Waals surface area contributed by atoms with Gasteiger partial charge in [0.05, 0.1) is 11.0 Å². The number of amides is 1. The monoisotopic (exact) mass is 296 g/mol. The number of piperidine rings is 1. The van der Waals surface area contributed by atoms with E-state index in [1.165, 1.54) is 0 Å². The molecule has 0 aliphatic carbocycles. The number of carbonyl (C=O) groups excluding carboxylic acids is 1. The van der Waals surface area contributed by atoms with Crippen LogP contribution in [0.4, 0.5) is 0 Å². The van der Waals surface area contributed by atoms with Crippen molar-refractivity contribution in [2.75, 3.05) is 6.54 Å². The lowest BCUT2D eigenvalue weighted by Crippen LogP contribution is -2.49.